The van der Waals surface area contributed by atoms with Crippen molar-refractivity contribution in [1.29, 1.82) is 0 Å². The molecule has 2 N–H and O–H groups in total. The lowest BCUT2D eigenvalue weighted by atomic mass is 11.8. The van der Waals surface area contributed by atoms with Gasteiger partial charge in [-0.05, 0) is 0 Å². The highest BCUT2D eigenvalue weighted by atomic mass is 32.2. The Morgan fingerprint density at radius 1 is 2.00 bits per heavy atom. The molecule has 0 saturated carbocycles. The van der Waals surface area contributed by atoms with Gasteiger partial charge < -0.3 is 0 Å². The third-order valence-electron chi connectivity index (χ3n) is 0.0630. The normalized spacial score (nSPS) is 7.50. The second-order valence-corrected chi connectivity index (χ2v) is 0.827. The predicted molar refractivity (Wildman–Crippen MR) is 17.8 cm³/mol. The molecule has 0 unspecified atom stereocenters. The van der Waals surface area contributed by atoms with Gasteiger partial charge in [-0.2, -0.15) is 0 Å². The molecule has 0 fully saturated rings. The summed E-state index contributed by atoms with van der Waals surface area (Å²) in [5, 5.41) is 4.57. The molecule has 0 amide bonds. The van der Waals surface area contributed by atoms with Gasteiger partial charge in [0.05, 0.1) is 0 Å². The average molecular weight is 81.1 g/mol. The Labute approximate surface area is 28.5 Å². The molecule has 3 heteroatoms. The summed E-state index contributed by atoms with van der Waals surface area (Å²) >= 11 is 0.690. The molecule has 0 rings (SSSR count). The number of alkyl halides is 1. The van der Waals surface area contributed by atoms with E-state index in [4.69, 9.17) is 0 Å². The van der Waals surface area contributed by atoms with Gasteiger partial charge in [0.15, 0.2) is 0 Å². The monoisotopic (exact) mass is 81.0 g/mol. The Morgan fingerprint density at radius 3 is 2.25 bits per heavy atom. The Hall–Kier alpha value is 0.240. The first-order chi connectivity index (χ1) is 1.91. The summed E-state index contributed by atoms with van der Waals surface area (Å²) in [6.45, 7) is 0. The highest BCUT2D eigenvalue weighted by Crippen LogP contribution is 1.79. The van der Waals surface area contributed by atoms with Gasteiger partial charge >= 0.3 is 0 Å². The minimum absolute atomic E-state index is 0.486. The maximum Gasteiger partial charge on any atom is 0.149 e. The van der Waals surface area contributed by atoms with Crippen molar-refractivity contribution in [3.63, 3.8) is 0 Å². The van der Waals surface area contributed by atoms with Crippen LogP contribution in [-0.2, 0) is 0 Å². The van der Waals surface area contributed by atoms with Crippen molar-refractivity contribution < 1.29 is 4.39 Å². The van der Waals surface area contributed by atoms with Crippen LogP contribution in [0.15, 0.2) is 0 Å². The van der Waals surface area contributed by atoms with Crippen LogP contribution in [0.25, 0.3) is 0 Å². The van der Waals surface area contributed by atoms with Crippen molar-refractivity contribution >= 4 is 11.9 Å². The van der Waals surface area contributed by atoms with E-state index in [-0.39, 0.29) is 0 Å². The van der Waals surface area contributed by atoms with Gasteiger partial charge in [0.2, 0.25) is 0 Å². The lowest BCUT2D eigenvalue weighted by Crippen LogP contribution is -1.72. The molecule has 0 bridgehead atoms. The summed E-state index contributed by atoms with van der Waals surface area (Å²) in [6, 6.07) is -0.486. The maximum atomic E-state index is 10.6. The van der Waals surface area contributed by atoms with E-state index >= 15 is 0 Å². The third kappa shape index (κ3) is 2.24. The van der Waals surface area contributed by atoms with Crippen LogP contribution >= 0.6 is 11.9 Å². The van der Waals surface area contributed by atoms with Crippen LogP contribution in [0, 0.1) is 0 Å². The topological polar surface area (TPSA) is 26.0 Å². The number of hydrogen-bond donors (Lipinski definition) is 1. The van der Waals surface area contributed by atoms with Crippen LogP contribution in [0.5, 0.6) is 0 Å². The molecule has 0 spiro atoms. The molecular weight excluding hydrogens is 77.1 g/mol. The summed E-state index contributed by atoms with van der Waals surface area (Å²) in [4.78, 5) is 0. The largest absolute Gasteiger partial charge is 0.276 e. The van der Waals surface area contributed by atoms with Gasteiger partial charge in [-0.3, -0.25) is 5.14 Å². The fourth-order valence-electron chi connectivity index (χ4n) is 0. The first kappa shape index (κ1) is 4.24. The molecule has 0 aliphatic carbocycles. The highest BCUT2D eigenvalue weighted by molar-refractivity contribution is 7.96. The molecule has 4 heavy (non-hydrogen) atoms. The second-order valence-electron chi connectivity index (χ2n) is 0.276. The Bertz CT molecular complexity index is 10.0. The Kier molecular flexibility index (Phi) is 3.43. The van der Waals surface area contributed by atoms with Crippen LogP contribution in [0.3, 0.4) is 0 Å². The number of hydrogen-bond acceptors (Lipinski definition) is 2. The Balaban J connectivity index is 1.97. The zero-order valence-electron chi connectivity index (χ0n) is 2.07. The van der Waals surface area contributed by atoms with E-state index in [0.29, 0.717) is 11.9 Å². The van der Waals surface area contributed by atoms with E-state index in [0.717, 1.165) is 0 Å². The third-order valence-corrected chi connectivity index (χ3v) is 0.189. The summed E-state index contributed by atoms with van der Waals surface area (Å²) in [5.41, 5.74) is 0. The van der Waals surface area contributed by atoms with Gasteiger partial charge in [0.1, 0.15) is 6.01 Å². The molecule has 0 aromatic heterocycles. The molecule has 0 saturated heterocycles. The van der Waals surface area contributed by atoms with E-state index in [1.807, 2.05) is 0 Å². The Morgan fingerprint density at radius 2 is 2.25 bits per heavy atom. The first-order valence-electron chi connectivity index (χ1n) is 0.792. The van der Waals surface area contributed by atoms with E-state index in [1.165, 1.54) is 0 Å². The predicted octanol–water partition coefficient (Wildman–Crippen LogP) is 0.520. The van der Waals surface area contributed by atoms with E-state index in [1.54, 1.807) is 0 Å². The summed E-state index contributed by atoms with van der Waals surface area (Å²) in [7, 11) is 0. The molecule has 0 aliphatic heterocycles. The first-order valence-corrected chi connectivity index (χ1v) is 1.84. The zero-order valence-corrected chi connectivity index (χ0v) is 2.89. The molecular formula is CH4FNS. The molecule has 0 aromatic rings. The van der Waals surface area contributed by atoms with E-state index in [9.17, 15) is 4.39 Å². The molecule has 1 nitrogen and oxygen atoms in total. The van der Waals surface area contributed by atoms with Crippen molar-refractivity contribution in [2.75, 3.05) is 6.01 Å². The van der Waals surface area contributed by atoms with Crippen molar-refractivity contribution in [3.8, 4) is 0 Å². The van der Waals surface area contributed by atoms with Crippen LogP contribution in [0.2, 0.25) is 0 Å². The molecule has 0 radical (unpaired) electrons. The summed E-state index contributed by atoms with van der Waals surface area (Å²) in [5.74, 6) is 0. The van der Waals surface area contributed by atoms with Crippen LogP contribution in [0.4, 0.5) is 4.39 Å². The van der Waals surface area contributed by atoms with E-state index in [2.05, 4.69) is 5.14 Å². The molecule has 0 atom stereocenters. The van der Waals surface area contributed by atoms with Crippen molar-refractivity contribution in [2.45, 2.75) is 0 Å². The van der Waals surface area contributed by atoms with Crippen molar-refractivity contribution in [2.24, 2.45) is 5.14 Å². The minimum Gasteiger partial charge on any atom is -0.276 e. The molecule has 26 valence electrons. The lowest BCUT2D eigenvalue weighted by molar-refractivity contribution is 0.606. The van der Waals surface area contributed by atoms with Crippen LogP contribution < -0.4 is 5.14 Å². The second kappa shape index (κ2) is 3.24. The smallest absolute Gasteiger partial charge is 0.149 e. The zero-order chi connectivity index (χ0) is 3.41. The SMILES string of the molecule is NSCF. The van der Waals surface area contributed by atoms with Gasteiger partial charge in [0.25, 0.3) is 0 Å². The standard InChI is InChI=1S/CH4FNS/c2-1-4-3/h1,3H2. The summed E-state index contributed by atoms with van der Waals surface area (Å²) in [6.07, 6.45) is 0. The van der Waals surface area contributed by atoms with E-state index < -0.39 is 6.01 Å². The molecule has 0 heterocycles. The molecule has 0 aromatic carbocycles. The van der Waals surface area contributed by atoms with Gasteiger partial charge in [0, 0.05) is 0 Å². The number of halogens is 1. The average Bonchev–Trinajstić information content (AvgIpc) is 1.37. The van der Waals surface area contributed by atoms with Crippen LogP contribution in [-0.4, -0.2) is 6.01 Å². The lowest BCUT2D eigenvalue weighted by Gasteiger charge is -1.67. The quantitative estimate of drug-likeness (QED) is 0.466. The van der Waals surface area contributed by atoms with Crippen molar-refractivity contribution in [3.05, 3.63) is 0 Å². The minimum atomic E-state index is -0.486. The van der Waals surface area contributed by atoms with Crippen LogP contribution in [0.1, 0.15) is 0 Å². The fourth-order valence-corrected chi connectivity index (χ4v) is 0. The van der Waals surface area contributed by atoms with Gasteiger partial charge in [-0.25, -0.2) is 4.39 Å². The fraction of sp³-hybridized carbons (Fsp3) is 1.00. The van der Waals surface area contributed by atoms with Gasteiger partial charge in [-0.1, -0.05) is 11.9 Å². The van der Waals surface area contributed by atoms with Gasteiger partial charge in [-0.15, -0.1) is 0 Å². The highest BCUT2D eigenvalue weighted by Gasteiger charge is 1.60. The number of rotatable bonds is 1. The summed E-state index contributed by atoms with van der Waals surface area (Å²) < 4.78 is 10.6. The van der Waals surface area contributed by atoms with Crippen molar-refractivity contribution in [1.82, 2.24) is 0 Å². The maximum absolute atomic E-state index is 10.6. The molecule has 0 aliphatic rings. The number of nitrogens with two attached hydrogens (primary N) is 1.